The number of nitrogens with zero attached hydrogens (tertiary/aromatic N) is 2. The minimum Gasteiger partial charge on any atom is -0.497 e. The first kappa shape index (κ1) is 21.2. The number of aromatic nitrogens is 2. The van der Waals surface area contributed by atoms with Crippen molar-refractivity contribution in [3.05, 3.63) is 65.8 Å². The number of amides is 1. The molecule has 1 aromatic heterocycles. The quantitative estimate of drug-likeness (QED) is 0.539. The van der Waals surface area contributed by atoms with Crippen molar-refractivity contribution in [3.8, 4) is 11.5 Å². The highest BCUT2D eigenvalue weighted by Gasteiger charge is 2.55. The zero-order chi connectivity index (χ0) is 23.3. The lowest BCUT2D eigenvalue weighted by Gasteiger charge is -2.27. The Bertz CT molecular complexity index is 1200. The molecule has 2 aromatic carbocycles. The highest BCUT2D eigenvalue weighted by Crippen LogP contribution is 2.58. The van der Waals surface area contributed by atoms with Crippen LogP contribution in [0.15, 0.2) is 53.1 Å². The van der Waals surface area contributed by atoms with E-state index < -0.39 is 0 Å². The predicted molar refractivity (Wildman–Crippen MR) is 126 cm³/mol. The van der Waals surface area contributed by atoms with Crippen LogP contribution in [0.5, 0.6) is 11.5 Å². The number of nitrogens with one attached hydrogen (secondary N) is 1. The third-order valence-corrected chi connectivity index (χ3v) is 8.10. The van der Waals surface area contributed by atoms with Gasteiger partial charge in [-0.25, -0.2) is 0 Å². The molecule has 0 radical (unpaired) electrons. The highest BCUT2D eigenvalue weighted by molar-refractivity contribution is 5.94. The fourth-order valence-electron chi connectivity index (χ4n) is 6.19. The summed E-state index contributed by atoms with van der Waals surface area (Å²) in [6, 6.07) is 15.6. The summed E-state index contributed by atoms with van der Waals surface area (Å²) in [6.45, 7) is 0. The molecule has 1 heterocycles. The number of anilines is 1. The molecule has 0 unspecified atom stereocenters. The molecule has 2 bridgehead atoms. The number of carbonyl (C=O) groups excluding carboxylic acids is 1. The first-order valence-corrected chi connectivity index (χ1v) is 12.0. The molecule has 3 aliphatic rings. The third-order valence-electron chi connectivity index (χ3n) is 8.10. The fraction of sp³-hybridized carbons (Fsp3) is 0.444. The van der Waals surface area contributed by atoms with Crippen LogP contribution in [-0.4, -0.2) is 30.3 Å². The Morgan fingerprint density at radius 1 is 1.03 bits per heavy atom. The lowest BCUT2D eigenvalue weighted by molar-refractivity contribution is -0.122. The molecule has 0 saturated heterocycles. The molecule has 1 N–H and O–H groups in total. The number of rotatable bonds is 7. The highest BCUT2D eigenvalue weighted by atomic mass is 16.5. The number of carbonyl (C=O) groups is 1. The van der Waals surface area contributed by atoms with Crippen LogP contribution in [0, 0.1) is 17.8 Å². The second kappa shape index (κ2) is 8.15. The van der Waals surface area contributed by atoms with Crippen LogP contribution in [0.2, 0.25) is 0 Å². The Balaban J connectivity index is 1.26. The van der Waals surface area contributed by atoms with E-state index in [1.54, 1.807) is 14.2 Å². The van der Waals surface area contributed by atoms with Crippen molar-refractivity contribution < 1.29 is 18.8 Å². The summed E-state index contributed by atoms with van der Waals surface area (Å²) in [7, 11) is 3.29. The van der Waals surface area contributed by atoms with Crippen molar-refractivity contribution in [1.29, 1.82) is 0 Å². The van der Waals surface area contributed by atoms with Crippen LogP contribution >= 0.6 is 0 Å². The van der Waals surface area contributed by atoms with E-state index in [4.69, 9.17) is 19.0 Å². The van der Waals surface area contributed by atoms with Gasteiger partial charge in [0, 0.05) is 11.8 Å². The molecule has 4 atom stereocenters. The second-order valence-corrected chi connectivity index (χ2v) is 9.87. The molecule has 6 rings (SSSR count). The molecule has 1 amide bonds. The normalized spacial score (nSPS) is 26.3. The first-order chi connectivity index (χ1) is 16.6. The van der Waals surface area contributed by atoms with Gasteiger partial charge in [-0.3, -0.25) is 4.79 Å². The van der Waals surface area contributed by atoms with Crippen molar-refractivity contribution in [2.24, 2.45) is 17.8 Å². The fourth-order valence-corrected chi connectivity index (χ4v) is 6.19. The van der Waals surface area contributed by atoms with Gasteiger partial charge in [-0.05, 0) is 73.8 Å². The first-order valence-electron chi connectivity index (χ1n) is 12.0. The number of methoxy groups -OCH3 is 2. The van der Waals surface area contributed by atoms with Crippen LogP contribution in [0.3, 0.4) is 0 Å². The summed E-state index contributed by atoms with van der Waals surface area (Å²) in [6.07, 6.45) is 5.22. The van der Waals surface area contributed by atoms with Crippen LogP contribution in [0.4, 0.5) is 5.69 Å². The van der Waals surface area contributed by atoms with E-state index in [0.29, 0.717) is 17.7 Å². The van der Waals surface area contributed by atoms with E-state index in [9.17, 15) is 4.79 Å². The van der Waals surface area contributed by atoms with Crippen LogP contribution in [0.1, 0.15) is 55.3 Å². The summed E-state index contributed by atoms with van der Waals surface area (Å²) in [5.41, 5.74) is 1.73. The average Bonchev–Trinajstić information content (AvgIpc) is 3.20. The monoisotopic (exact) mass is 459 g/mol. The van der Waals surface area contributed by atoms with Gasteiger partial charge in [0.05, 0.1) is 31.5 Å². The Morgan fingerprint density at radius 3 is 2.53 bits per heavy atom. The number of fused-ring (bicyclic) bond motifs is 2. The van der Waals surface area contributed by atoms with Gasteiger partial charge in [0.15, 0.2) is 5.82 Å². The van der Waals surface area contributed by atoms with Crippen molar-refractivity contribution in [1.82, 2.24) is 10.1 Å². The van der Waals surface area contributed by atoms with Crippen molar-refractivity contribution in [2.45, 2.75) is 43.4 Å². The molecule has 176 valence electrons. The maximum atomic E-state index is 13.4. The Hall–Kier alpha value is -3.35. The summed E-state index contributed by atoms with van der Waals surface area (Å²) in [5, 5.41) is 7.54. The molecule has 3 aliphatic carbocycles. The molecule has 3 aromatic rings. The number of hydrogen-bond acceptors (Lipinski definition) is 6. The van der Waals surface area contributed by atoms with Crippen molar-refractivity contribution >= 4 is 11.6 Å². The topological polar surface area (TPSA) is 86.5 Å². The number of benzene rings is 2. The molecule has 3 fully saturated rings. The smallest absolute Gasteiger partial charge is 0.230 e. The minimum absolute atomic E-state index is 0.0292. The summed E-state index contributed by atoms with van der Waals surface area (Å²) in [5.74, 6) is 3.52. The molecule has 7 nitrogen and oxygen atoms in total. The van der Waals surface area contributed by atoms with Gasteiger partial charge in [-0.15, -0.1) is 0 Å². The zero-order valence-electron chi connectivity index (χ0n) is 19.5. The van der Waals surface area contributed by atoms with Gasteiger partial charge < -0.3 is 19.3 Å². The predicted octanol–water partition coefficient (Wildman–Crippen LogP) is 4.94. The molecule has 0 aliphatic heterocycles. The van der Waals surface area contributed by atoms with Gasteiger partial charge in [0.25, 0.3) is 0 Å². The molecule has 7 heteroatoms. The van der Waals surface area contributed by atoms with E-state index in [-0.39, 0.29) is 23.2 Å². The summed E-state index contributed by atoms with van der Waals surface area (Å²) < 4.78 is 16.5. The third kappa shape index (κ3) is 3.45. The van der Waals surface area contributed by atoms with E-state index in [2.05, 4.69) is 22.6 Å². The van der Waals surface area contributed by atoms with Gasteiger partial charge in [0.1, 0.15) is 11.5 Å². The second-order valence-electron chi connectivity index (χ2n) is 9.87. The summed E-state index contributed by atoms with van der Waals surface area (Å²) >= 11 is 0. The summed E-state index contributed by atoms with van der Waals surface area (Å²) in [4.78, 5) is 18.4. The van der Waals surface area contributed by atoms with Crippen molar-refractivity contribution in [3.63, 3.8) is 0 Å². The number of hydrogen-bond donors (Lipinski definition) is 1. The van der Waals surface area contributed by atoms with Crippen molar-refractivity contribution in [2.75, 3.05) is 19.5 Å². The van der Waals surface area contributed by atoms with Gasteiger partial charge in [-0.1, -0.05) is 23.4 Å². The van der Waals surface area contributed by atoms with E-state index in [1.165, 1.54) is 5.56 Å². The van der Waals surface area contributed by atoms with Gasteiger partial charge in [-0.2, -0.15) is 4.98 Å². The largest absolute Gasteiger partial charge is 0.497 e. The molecule has 34 heavy (non-hydrogen) atoms. The molecular formula is C27H29N3O4. The van der Waals surface area contributed by atoms with Gasteiger partial charge in [0.2, 0.25) is 11.8 Å². The van der Waals surface area contributed by atoms with Gasteiger partial charge >= 0.3 is 0 Å². The number of ether oxygens (including phenoxy) is 2. The maximum Gasteiger partial charge on any atom is 0.230 e. The lowest BCUT2D eigenvalue weighted by Crippen LogP contribution is -2.33. The average molecular weight is 460 g/mol. The van der Waals surface area contributed by atoms with Crippen LogP contribution < -0.4 is 14.8 Å². The molecule has 3 saturated carbocycles. The molecular weight excluding hydrogens is 430 g/mol. The zero-order valence-corrected chi connectivity index (χ0v) is 19.5. The minimum atomic E-state index is -0.190. The van der Waals surface area contributed by atoms with E-state index in [0.717, 1.165) is 55.1 Å². The standard InChI is InChI=1S/C27H29N3O4/c1-32-20-10-8-18(9-11-20)27(12-13-27)26-29-25(34-30-26)23-17-7-6-16(14-17)22(23)24(31)28-19-4-3-5-21(15-19)33-2/h3-5,8-11,15-17,22-23H,6-7,12-14H2,1-2H3,(H,28,31)/t16-,17+,22-,23-/m0/s1. The Labute approximate surface area is 198 Å². The SMILES string of the molecule is COc1ccc(C2(c3noc([C@H]4[C@@H]5CC[C@@H](C5)[C@@H]4C(=O)Nc4cccc(OC)c4)n3)CC2)cc1. The van der Waals surface area contributed by atoms with Crippen LogP contribution in [-0.2, 0) is 10.2 Å². The van der Waals surface area contributed by atoms with E-state index in [1.807, 2.05) is 36.4 Å². The van der Waals surface area contributed by atoms with Crippen LogP contribution in [0.25, 0.3) is 0 Å². The maximum absolute atomic E-state index is 13.4. The Kier molecular flexibility index (Phi) is 5.08. The molecule has 0 spiro atoms. The van der Waals surface area contributed by atoms with E-state index >= 15 is 0 Å². The lowest BCUT2D eigenvalue weighted by atomic mass is 9.78. The Morgan fingerprint density at radius 2 is 1.79 bits per heavy atom.